The van der Waals surface area contributed by atoms with E-state index in [1.807, 2.05) is 25.1 Å². The fourth-order valence-corrected chi connectivity index (χ4v) is 1.43. The molecule has 0 radical (unpaired) electrons. The molecule has 0 unspecified atom stereocenters. The molecular weight excluding hydrogens is 200 g/mol. The molecule has 0 fully saturated rings. The van der Waals surface area contributed by atoms with Crippen LogP contribution in [0, 0.1) is 11.8 Å². The largest absolute Gasteiger partial charge is 0.326 e. The van der Waals surface area contributed by atoms with Gasteiger partial charge < -0.3 is 11.1 Å². The summed E-state index contributed by atoms with van der Waals surface area (Å²) in [4.78, 5) is 11.0. The van der Waals surface area contributed by atoms with Crippen LogP contribution >= 0.6 is 0 Å². The van der Waals surface area contributed by atoms with Crippen LogP contribution in [0.5, 0.6) is 0 Å². The van der Waals surface area contributed by atoms with Crippen LogP contribution < -0.4 is 11.1 Å². The summed E-state index contributed by atoms with van der Waals surface area (Å²) in [7, 11) is 0. The molecular formula is C13H16N2O. The lowest BCUT2D eigenvalue weighted by molar-refractivity contribution is -0.114. The Balaban J connectivity index is 3.01. The standard InChI is InChI=1S/C13H16N2O/c1-3-12-9-11(5-4-8-14)6-7-13(12)15-10(2)16/h6-7,9H,3,8,14H2,1-2H3,(H,15,16). The predicted octanol–water partition coefficient (Wildman–Crippen LogP) is 1.52. The highest BCUT2D eigenvalue weighted by atomic mass is 16.1. The van der Waals surface area contributed by atoms with Crippen LogP contribution in [0.1, 0.15) is 25.0 Å². The Morgan fingerprint density at radius 2 is 2.25 bits per heavy atom. The van der Waals surface area contributed by atoms with Crippen LogP contribution in [0.4, 0.5) is 5.69 Å². The van der Waals surface area contributed by atoms with Gasteiger partial charge in [-0.1, -0.05) is 18.8 Å². The second-order valence-corrected chi connectivity index (χ2v) is 3.41. The van der Waals surface area contributed by atoms with Gasteiger partial charge in [0.15, 0.2) is 0 Å². The summed E-state index contributed by atoms with van der Waals surface area (Å²) in [6.45, 7) is 3.90. The molecule has 0 bridgehead atoms. The van der Waals surface area contributed by atoms with Crippen molar-refractivity contribution >= 4 is 11.6 Å². The second kappa shape index (κ2) is 5.94. The maximum atomic E-state index is 11.0. The minimum absolute atomic E-state index is 0.0597. The van der Waals surface area contributed by atoms with Gasteiger partial charge in [-0.2, -0.15) is 0 Å². The molecule has 3 nitrogen and oxygen atoms in total. The monoisotopic (exact) mass is 216 g/mol. The van der Waals surface area contributed by atoms with Gasteiger partial charge in [0.05, 0.1) is 6.54 Å². The molecule has 1 amide bonds. The molecule has 0 spiro atoms. The molecule has 3 heteroatoms. The lowest BCUT2D eigenvalue weighted by atomic mass is 10.1. The molecule has 0 heterocycles. The molecule has 16 heavy (non-hydrogen) atoms. The van der Waals surface area contributed by atoms with Crippen molar-refractivity contribution < 1.29 is 4.79 Å². The van der Waals surface area contributed by atoms with E-state index < -0.39 is 0 Å². The van der Waals surface area contributed by atoms with Crippen LogP contribution in [0.15, 0.2) is 18.2 Å². The summed E-state index contributed by atoms with van der Waals surface area (Å²) in [6.07, 6.45) is 0.855. The third-order valence-corrected chi connectivity index (χ3v) is 2.13. The van der Waals surface area contributed by atoms with Crippen molar-refractivity contribution in [2.24, 2.45) is 5.73 Å². The van der Waals surface area contributed by atoms with Crippen LogP contribution in [-0.2, 0) is 11.2 Å². The minimum atomic E-state index is -0.0597. The molecule has 0 atom stereocenters. The lowest BCUT2D eigenvalue weighted by Gasteiger charge is -2.08. The SMILES string of the molecule is CCc1cc(C#CCN)ccc1NC(C)=O. The quantitative estimate of drug-likeness (QED) is 0.736. The number of nitrogens with one attached hydrogen (secondary N) is 1. The van der Waals surface area contributed by atoms with Gasteiger partial charge in [-0.05, 0) is 30.2 Å². The predicted molar refractivity (Wildman–Crippen MR) is 66.1 cm³/mol. The van der Waals surface area contributed by atoms with E-state index >= 15 is 0 Å². The van der Waals surface area contributed by atoms with Gasteiger partial charge in [0.1, 0.15) is 0 Å². The first-order valence-corrected chi connectivity index (χ1v) is 5.26. The Morgan fingerprint density at radius 3 is 2.81 bits per heavy atom. The van der Waals surface area contributed by atoms with Gasteiger partial charge in [0.2, 0.25) is 5.91 Å². The van der Waals surface area contributed by atoms with Crippen molar-refractivity contribution in [2.45, 2.75) is 20.3 Å². The zero-order chi connectivity index (χ0) is 12.0. The summed E-state index contributed by atoms with van der Waals surface area (Å²) in [5, 5.41) is 2.80. The third-order valence-electron chi connectivity index (χ3n) is 2.13. The average molecular weight is 216 g/mol. The zero-order valence-electron chi connectivity index (χ0n) is 9.63. The highest BCUT2D eigenvalue weighted by molar-refractivity contribution is 5.89. The molecule has 0 saturated heterocycles. The van der Waals surface area contributed by atoms with Crippen molar-refractivity contribution in [1.82, 2.24) is 0 Å². The van der Waals surface area contributed by atoms with Crippen molar-refractivity contribution in [3.8, 4) is 11.8 Å². The Bertz CT molecular complexity index is 441. The van der Waals surface area contributed by atoms with Crippen LogP contribution in [-0.4, -0.2) is 12.5 Å². The van der Waals surface area contributed by atoms with Crippen LogP contribution in [0.2, 0.25) is 0 Å². The number of carbonyl (C=O) groups excluding carboxylic acids is 1. The molecule has 1 aromatic rings. The van der Waals surface area contributed by atoms with E-state index in [0.717, 1.165) is 23.2 Å². The summed E-state index contributed by atoms with van der Waals surface area (Å²) in [5.74, 6) is 5.72. The van der Waals surface area contributed by atoms with Gasteiger partial charge in [-0.15, -0.1) is 0 Å². The van der Waals surface area contributed by atoms with Crippen LogP contribution in [0.3, 0.4) is 0 Å². The van der Waals surface area contributed by atoms with Gasteiger partial charge in [0, 0.05) is 18.2 Å². The summed E-state index contributed by atoms with van der Waals surface area (Å²) >= 11 is 0. The Kier molecular flexibility index (Phi) is 4.56. The first kappa shape index (κ1) is 12.3. The number of rotatable bonds is 2. The van der Waals surface area contributed by atoms with Crippen molar-refractivity contribution in [3.63, 3.8) is 0 Å². The smallest absolute Gasteiger partial charge is 0.221 e. The van der Waals surface area contributed by atoms with E-state index in [1.54, 1.807) is 0 Å². The molecule has 0 aromatic heterocycles. The van der Waals surface area contributed by atoms with Gasteiger partial charge >= 0.3 is 0 Å². The Labute approximate surface area is 96.0 Å². The van der Waals surface area contributed by atoms with E-state index in [9.17, 15) is 4.79 Å². The zero-order valence-corrected chi connectivity index (χ0v) is 9.63. The topological polar surface area (TPSA) is 55.1 Å². The van der Waals surface area contributed by atoms with Crippen LogP contribution in [0.25, 0.3) is 0 Å². The maximum Gasteiger partial charge on any atom is 0.221 e. The first-order valence-electron chi connectivity index (χ1n) is 5.26. The number of nitrogens with two attached hydrogens (primary N) is 1. The number of aryl methyl sites for hydroxylation is 1. The molecule has 1 rings (SSSR count). The number of amides is 1. The maximum absolute atomic E-state index is 11.0. The Morgan fingerprint density at radius 1 is 1.50 bits per heavy atom. The van der Waals surface area contributed by atoms with E-state index in [-0.39, 0.29) is 5.91 Å². The van der Waals surface area contributed by atoms with Gasteiger partial charge in [0.25, 0.3) is 0 Å². The minimum Gasteiger partial charge on any atom is -0.326 e. The molecule has 84 valence electrons. The normalized spacial score (nSPS) is 9.19. The Hall–Kier alpha value is -1.79. The van der Waals surface area contributed by atoms with E-state index in [0.29, 0.717) is 6.54 Å². The highest BCUT2D eigenvalue weighted by Gasteiger charge is 2.02. The number of anilines is 1. The number of hydrogen-bond acceptors (Lipinski definition) is 2. The summed E-state index contributed by atoms with van der Waals surface area (Å²) < 4.78 is 0. The summed E-state index contributed by atoms with van der Waals surface area (Å²) in [5.41, 5.74) is 8.18. The average Bonchev–Trinajstić information content (AvgIpc) is 2.27. The molecule has 0 aliphatic rings. The van der Waals surface area contributed by atoms with E-state index in [4.69, 9.17) is 5.73 Å². The molecule has 3 N–H and O–H groups in total. The molecule has 0 aliphatic carbocycles. The summed E-state index contributed by atoms with van der Waals surface area (Å²) in [6, 6.07) is 5.74. The van der Waals surface area contributed by atoms with Gasteiger partial charge in [-0.3, -0.25) is 4.79 Å². The van der Waals surface area contributed by atoms with E-state index in [1.165, 1.54) is 6.92 Å². The number of benzene rings is 1. The van der Waals surface area contributed by atoms with Crippen molar-refractivity contribution in [1.29, 1.82) is 0 Å². The second-order valence-electron chi connectivity index (χ2n) is 3.41. The highest BCUT2D eigenvalue weighted by Crippen LogP contribution is 2.17. The number of hydrogen-bond donors (Lipinski definition) is 2. The number of carbonyl (C=O) groups is 1. The van der Waals surface area contributed by atoms with Gasteiger partial charge in [-0.25, -0.2) is 0 Å². The van der Waals surface area contributed by atoms with Crippen molar-refractivity contribution in [3.05, 3.63) is 29.3 Å². The molecule has 0 saturated carbocycles. The molecule has 0 aliphatic heterocycles. The van der Waals surface area contributed by atoms with Crippen molar-refractivity contribution in [2.75, 3.05) is 11.9 Å². The fraction of sp³-hybridized carbons (Fsp3) is 0.308. The van der Waals surface area contributed by atoms with E-state index in [2.05, 4.69) is 17.2 Å². The fourth-order valence-electron chi connectivity index (χ4n) is 1.43. The lowest BCUT2D eigenvalue weighted by Crippen LogP contribution is -2.08. The molecule has 1 aromatic carbocycles. The first-order chi connectivity index (χ1) is 7.67. The third kappa shape index (κ3) is 3.41.